The molecule has 6 atom stereocenters. The fourth-order valence-corrected chi connectivity index (χ4v) is 4.73. The van der Waals surface area contributed by atoms with Gasteiger partial charge in [-0.15, -0.1) is 0 Å². The predicted octanol–water partition coefficient (Wildman–Crippen LogP) is 1.93. The lowest BCUT2D eigenvalue weighted by molar-refractivity contribution is -0.142. The lowest BCUT2D eigenvalue weighted by atomic mass is 9.85. The first-order chi connectivity index (χ1) is 14.1. The number of nitrogens with zero attached hydrogens (tertiary/aromatic N) is 2. The quantitative estimate of drug-likeness (QED) is 0.298. The van der Waals surface area contributed by atoms with Crippen LogP contribution in [0, 0.1) is 17.8 Å². The van der Waals surface area contributed by atoms with Crippen LogP contribution in [-0.2, 0) is 19.1 Å². The first kappa shape index (κ1) is 26.4. The molecule has 8 nitrogen and oxygen atoms in total. The summed E-state index contributed by atoms with van der Waals surface area (Å²) in [5.74, 6) is 5.73. The van der Waals surface area contributed by atoms with Gasteiger partial charge in [0, 0.05) is 33.5 Å². The average molecular weight is 427 g/mol. The fourth-order valence-electron chi connectivity index (χ4n) is 4.73. The zero-order chi connectivity index (χ0) is 23.0. The molecule has 1 aliphatic rings. The molecule has 1 rings (SSSR count). The van der Waals surface area contributed by atoms with Crippen molar-refractivity contribution in [1.29, 1.82) is 0 Å². The van der Waals surface area contributed by atoms with Crippen molar-refractivity contribution in [2.75, 3.05) is 20.7 Å². The SMILES string of the molecule is CCC(=O)N(N)C(C(C)CC)C(C)CC(=O)N1CCCC1C(OC)C(C)C(=O)NC. The number of rotatable bonds is 11. The van der Waals surface area contributed by atoms with Gasteiger partial charge in [0.05, 0.1) is 24.1 Å². The molecular formula is C22H42N4O4. The first-order valence-corrected chi connectivity index (χ1v) is 11.2. The molecule has 3 N–H and O–H groups in total. The monoisotopic (exact) mass is 426 g/mol. The Labute approximate surface area is 181 Å². The Kier molecular flexibility index (Phi) is 10.8. The molecule has 0 aromatic rings. The van der Waals surface area contributed by atoms with E-state index in [2.05, 4.69) is 19.2 Å². The van der Waals surface area contributed by atoms with Crippen LogP contribution in [0.1, 0.15) is 66.7 Å². The summed E-state index contributed by atoms with van der Waals surface area (Å²) in [6, 6.07) is -0.328. The summed E-state index contributed by atoms with van der Waals surface area (Å²) in [5.41, 5.74) is 0. The highest BCUT2D eigenvalue weighted by Gasteiger charge is 2.40. The maximum Gasteiger partial charge on any atom is 0.236 e. The van der Waals surface area contributed by atoms with Crippen LogP contribution in [0.2, 0.25) is 0 Å². The molecule has 0 aromatic heterocycles. The van der Waals surface area contributed by atoms with E-state index in [1.54, 1.807) is 21.1 Å². The Morgan fingerprint density at radius 3 is 2.33 bits per heavy atom. The van der Waals surface area contributed by atoms with Gasteiger partial charge < -0.3 is 15.0 Å². The standard InChI is InChI=1S/C22H42N4O4/c1-8-14(3)20(26(23)18(27)9-2)15(4)13-19(28)25-12-10-11-17(25)21(30-7)16(5)22(29)24-6/h14-17,20-21H,8-13,23H2,1-7H3,(H,24,29). The van der Waals surface area contributed by atoms with Gasteiger partial charge in [-0.1, -0.05) is 41.0 Å². The van der Waals surface area contributed by atoms with E-state index in [9.17, 15) is 14.4 Å². The Hall–Kier alpha value is -1.67. The summed E-state index contributed by atoms with van der Waals surface area (Å²) in [6.07, 6.45) is 2.86. The summed E-state index contributed by atoms with van der Waals surface area (Å²) >= 11 is 0. The first-order valence-electron chi connectivity index (χ1n) is 11.2. The minimum atomic E-state index is -0.357. The summed E-state index contributed by atoms with van der Waals surface area (Å²) < 4.78 is 5.66. The number of hydrazine groups is 1. The van der Waals surface area contributed by atoms with E-state index in [0.29, 0.717) is 19.4 Å². The molecule has 0 spiro atoms. The molecule has 1 heterocycles. The van der Waals surface area contributed by atoms with Gasteiger partial charge in [-0.05, 0) is 24.7 Å². The normalized spacial score (nSPS) is 21.5. The molecule has 0 aromatic carbocycles. The van der Waals surface area contributed by atoms with Gasteiger partial charge in [0.1, 0.15) is 0 Å². The Morgan fingerprint density at radius 1 is 1.20 bits per heavy atom. The topological polar surface area (TPSA) is 105 Å². The van der Waals surface area contributed by atoms with E-state index in [-0.39, 0.29) is 53.7 Å². The van der Waals surface area contributed by atoms with Gasteiger partial charge >= 0.3 is 0 Å². The van der Waals surface area contributed by atoms with Crippen molar-refractivity contribution >= 4 is 17.7 Å². The molecule has 0 aliphatic carbocycles. The second kappa shape index (κ2) is 12.2. The molecule has 1 aliphatic heterocycles. The van der Waals surface area contributed by atoms with Crippen LogP contribution >= 0.6 is 0 Å². The number of nitrogens with two attached hydrogens (primary N) is 1. The summed E-state index contributed by atoms with van der Waals surface area (Å²) in [5, 5.41) is 4.00. The number of carbonyl (C=O) groups is 3. The van der Waals surface area contributed by atoms with E-state index in [0.717, 1.165) is 19.3 Å². The van der Waals surface area contributed by atoms with Crippen LogP contribution in [0.15, 0.2) is 0 Å². The Morgan fingerprint density at radius 2 is 1.83 bits per heavy atom. The summed E-state index contributed by atoms with van der Waals surface area (Å²) in [7, 11) is 3.20. The van der Waals surface area contributed by atoms with Crippen molar-refractivity contribution in [1.82, 2.24) is 15.2 Å². The third-order valence-electron chi connectivity index (χ3n) is 6.64. The zero-order valence-corrected chi connectivity index (χ0v) is 19.8. The lowest BCUT2D eigenvalue weighted by Gasteiger charge is -2.38. The van der Waals surface area contributed by atoms with Crippen molar-refractivity contribution in [2.45, 2.75) is 84.9 Å². The highest BCUT2D eigenvalue weighted by molar-refractivity contribution is 5.80. The van der Waals surface area contributed by atoms with E-state index >= 15 is 0 Å². The Balaban J connectivity index is 2.96. The highest BCUT2D eigenvalue weighted by Crippen LogP contribution is 2.29. The van der Waals surface area contributed by atoms with Gasteiger partial charge in [-0.25, -0.2) is 5.84 Å². The predicted molar refractivity (Wildman–Crippen MR) is 117 cm³/mol. The van der Waals surface area contributed by atoms with Gasteiger partial charge in [0.15, 0.2) is 0 Å². The minimum Gasteiger partial charge on any atom is -0.378 e. The Bertz CT molecular complexity index is 585. The number of nitrogens with one attached hydrogen (secondary N) is 1. The molecule has 174 valence electrons. The van der Waals surface area contributed by atoms with Crippen molar-refractivity contribution in [3.05, 3.63) is 0 Å². The van der Waals surface area contributed by atoms with Crippen LogP contribution in [-0.4, -0.2) is 66.5 Å². The third-order valence-corrected chi connectivity index (χ3v) is 6.64. The second-order valence-corrected chi connectivity index (χ2v) is 8.61. The van der Waals surface area contributed by atoms with Gasteiger partial charge in [-0.3, -0.25) is 19.4 Å². The molecule has 0 bridgehead atoms. The van der Waals surface area contributed by atoms with Crippen LogP contribution in [0.3, 0.4) is 0 Å². The number of likely N-dealkylation sites (tertiary alicyclic amines) is 1. The lowest BCUT2D eigenvalue weighted by Crippen LogP contribution is -2.53. The van der Waals surface area contributed by atoms with E-state index in [1.807, 2.05) is 18.7 Å². The molecule has 30 heavy (non-hydrogen) atoms. The van der Waals surface area contributed by atoms with E-state index in [1.165, 1.54) is 5.01 Å². The molecule has 8 heteroatoms. The second-order valence-electron chi connectivity index (χ2n) is 8.61. The van der Waals surface area contributed by atoms with Crippen molar-refractivity contribution in [2.24, 2.45) is 23.6 Å². The molecule has 0 radical (unpaired) electrons. The fraction of sp³-hybridized carbons (Fsp3) is 0.864. The largest absolute Gasteiger partial charge is 0.378 e. The minimum absolute atomic E-state index is 0.0295. The third kappa shape index (κ3) is 6.17. The molecule has 3 amide bonds. The number of amides is 3. The zero-order valence-electron chi connectivity index (χ0n) is 19.8. The van der Waals surface area contributed by atoms with Gasteiger partial charge in [0.25, 0.3) is 0 Å². The molecule has 1 fully saturated rings. The highest BCUT2D eigenvalue weighted by atomic mass is 16.5. The number of hydrogen-bond donors (Lipinski definition) is 2. The van der Waals surface area contributed by atoms with E-state index < -0.39 is 0 Å². The molecule has 0 saturated carbocycles. The summed E-state index contributed by atoms with van der Waals surface area (Å²) in [4.78, 5) is 39.5. The number of methoxy groups -OCH3 is 1. The van der Waals surface area contributed by atoms with Crippen molar-refractivity contribution in [3.8, 4) is 0 Å². The summed E-state index contributed by atoms with van der Waals surface area (Å²) in [6.45, 7) is 10.4. The van der Waals surface area contributed by atoms with Crippen molar-refractivity contribution in [3.63, 3.8) is 0 Å². The van der Waals surface area contributed by atoms with Crippen LogP contribution in [0.5, 0.6) is 0 Å². The maximum atomic E-state index is 13.3. The molecular weight excluding hydrogens is 384 g/mol. The van der Waals surface area contributed by atoms with Crippen LogP contribution in [0.4, 0.5) is 0 Å². The molecule has 6 unspecified atom stereocenters. The van der Waals surface area contributed by atoms with Crippen molar-refractivity contribution < 1.29 is 19.1 Å². The number of carbonyl (C=O) groups excluding carboxylic acids is 3. The number of hydrogen-bond acceptors (Lipinski definition) is 5. The maximum absolute atomic E-state index is 13.3. The van der Waals surface area contributed by atoms with Gasteiger partial charge in [-0.2, -0.15) is 0 Å². The molecule has 1 saturated heterocycles. The van der Waals surface area contributed by atoms with Crippen LogP contribution in [0.25, 0.3) is 0 Å². The number of ether oxygens (including phenoxy) is 1. The van der Waals surface area contributed by atoms with E-state index in [4.69, 9.17) is 10.6 Å². The van der Waals surface area contributed by atoms with Gasteiger partial charge in [0.2, 0.25) is 17.7 Å². The smallest absolute Gasteiger partial charge is 0.236 e. The average Bonchev–Trinajstić information content (AvgIpc) is 3.22. The van der Waals surface area contributed by atoms with Crippen LogP contribution < -0.4 is 11.2 Å².